The van der Waals surface area contributed by atoms with Gasteiger partial charge < -0.3 is 37.6 Å². The SMILES string of the molecule is NCCN.NCCN.O=P(O)(O)O. The molecule has 11 N–H and O–H groups in total. The first kappa shape index (κ1) is 18.7. The zero-order chi connectivity index (χ0) is 11.3. The van der Waals surface area contributed by atoms with Crippen molar-refractivity contribution in [1.82, 2.24) is 0 Å². The molecular weight excluding hydrogens is 199 g/mol. The molecule has 0 radical (unpaired) electrons. The lowest BCUT2D eigenvalue weighted by molar-refractivity contribution is 0.275. The highest BCUT2D eigenvalue weighted by atomic mass is 31.2. The monoisotopic (exact) mass is 218 g/mol. The van der Waals surface area contributed by atoms with Crippen molar-refractivity contribution in [3.8, 4) is 0 Å². The molecule has 0 saturated carbocycles. The Morgan fingerprint density at radius 1 is 0.769 bits per heavy atom. The van der Waals surface area contributed by atoms with E-state index in [4.69, 9.17) is 42.2 Å². The van der Waals surface area contributed by atoms with Crippen LogP contribution in [0.25, 0.3) is 0 Å². The van der Waals surface area contributed by atoms with Crippen molar-refractivity contribution in [2.75, 3.05) is 26.2 Å². The van der Waals surface area contributed by atoms with Crippen LogP contribution in [0, 0.1) is 0 Å². The maximum Gasteiger partial charge on any atom is 0.466 e. The van der Waals surface area contributed by atoms with E-state index in [9.17, 15) is 0 Å². The lowest BCUT2D eigenvalue weighted by Gasteiger charge is -1.82. The summed E-state index contributed by atoms with van der Waals surface area (Å²) in [5.74, 6) is 0. The number of nitrogens with two attached hydrogens (primary N) is 4. The van der Waals surface area contributed by atoms with E-state index in [0.29, 0.717) is 26.2 Å². The molecule has 84 valence electrons. The lowest BCUT2D eigenvalue weighted by atomic mass is 10.7. The first-order valence-corrected chi connectivity index (χ1v) is 4.98. The van der Waals surface area contributed by atoms with Crippen molar-refractivity contribution in [2.45, 2.75) is 0 Å². The van der Waals surface area contributed by atoms with Crippen LogP contribution in [-0.4, -0.2) is 40.9 Å². The van der Waals surface area contributed by atoms with E-state index in [0.717, 1.165) is 0 Å². The van der Waals surface area contributed by atoms with Crippen molar-refractivity contribution >= 4 is 7.82 Å². The summed E-state index contributed by atoms with van der Waals surface area (Å²) in [5, 5.41) is 0. The average molecular weight is 218 g/mol. The zero-order valence-corrected chi connectivity index (χ0v) is 8.23. The van der Waals surface area contributed by atoms with E-state index in [1.54, 1.807) is 0 Å². The van der Waals surface area contributed by atoms with Crippen LogP contribution < -0.4 is 22.9 Å². The van der Waals surface area contributed by atoms with Crippen molar-refractivity contribution in [3.05, 3.63) is 0 Å². The van der Waals surface area contributed by atoms with E-state index < -0.39 is 7.82 Å². The van der Waals surface area contributed by atoms with Crippen LogP contribution in [-0.2, 0) is 4.57 Å². The molecule has 0 aliphatic carbocycles. The molecule has 0 aliphatic rings. The summed E-state index contributed by atoms with van der Waals surface area (Å²) in [6.07, 6.45) is 0. The second kappa shape index (κ2) is 14.5. The molecule has 9 heteroatoms. The molecule has 0 fully saturated rings. The third-order valence-electron chi connectivity index (χ3n) is 0.333. The van der Waals surface area contributed by atoms with Crippen LogP contribution >= 0.6 is 7.82 Å². The van der Waals surface area contributed by atoms with Crippen LogP contribution in [0.4, 0.5) is 0 Å². The Hall–Kier alpha value is -0.0500. The molecule has 13 heavy (non-hydrogen) atoms. The molecule has 0 aliphatic heterocycles. The molecule has 0 heterocycles. The molecule has 0 aromatic carbocycles. The van der Waals surface area contributed by atoms with Gasteiger partial charge in [0, 0.05) is 26.2 Å². The molecule has 8 nitrogen and oxygen atoms in total. The Bertz CT molecular complexity index is 102. The summed E-state index contributed by atoms with van der Waals surface area (Å²) in [6.45, 7) is 2.39. The predicted octanol–water partition coefficient (Wildman–Crippen LogP) is -3.12. The van der Waals surface area contributed by atoms with E-state index in [1.807, 2.05) is 0 Å². The van der Waals surface area contributed by atoms with Crippen LogP contribution in [0.15, 0.2) is 0 Å². The molecule has 0 atom stereocenters. The fraction of sp³-hybridized carbons (Fsp3) is 1.00. The van der Waals surface area contributed by atoms with Gasteiger partial charge in [-0.2, -0.15) is 0 Å². The molecule has 0 bridgehead atoms. The summed E-state index contributed by atoms with van der Waals surface area (Å²) in [7, 11) is -4.64. The molecule has 0 amide bonds. The highest BCUT2D eigenvalue weighted by molar-refractivity contribution is 7.45. The smallest absolute Gasteiger partial charge is 0.329 e. The van der Waals surface area contributed by atoms with Gasteiger partial charge in [0.05, 0.1) is 0 Å². The van der Waals surface area contributed by atoms with Crippen molar-refractivity contribution < 1.29 is 19.2 Å². The Balaban J connectivity index is -0.000000117. The topological polar surface area (TPSA) is 182 Å². The minimum Gasteiger partial charge on any atom is -0.329 e. The first-order chi connectivity index (χ1) is 5.83. The number of rotatable bonds is 2. The third-order valence-corrected chi connectivity index (χ3v) is 0.333. The van der Waals surface area contributed by atoms with Crippen LogP contribution in [0.3, 0.4) is 0 Å². The fourth-order valence-corrected chi connectivity index (χ4v) is 0. The van der Waals surface area contributed by atoms with Crippen molar-refractivity contribution in [2.24, 2.45) is 22.9 Å². The molecule has 0 aromatic rings. The van der Waals surface area contributed by atoms with Crippen LogP contribution in [0.2, 0.25) is 0 Å². The van der Waals surface area contributed by atoms with Gasteiger partial charge in [-0.15, -0.1) is 0 Å². The van der Waals surface area contributed by atoms with Crippen LogP contribution in [0.5, 0.6) is 0 Å². The van der Waals surface area contributed by atoms with Gasteiger partial charge in [0.15, 0.2) is 0 Å². The minimum absolute atomic E-state index is 0.597. The van der Waals surface area contributed by atoms with Gasteiger partial charge in [0.25, 0.3) is 0 Å². The number of hydrogen-bond donors (Lipinski definition) is 7. The summed E-state index contributed by atoms with van der Waals surface area (Å²) in [6, 6.07) is 0. The summed E-state index contributed by atoms with van der Waals surface area (Å²) >= 11 is 0. The Labute approximate surface area is 77.1 Å². The van der Waals surface area contributed by atoms with Crippen molar-refractivity contribution in [3.63, 3.8) is 0 Å². The summed E-state index contributed by atoms with van der Waals surface area (Å²) < 4.78 is 8.88. The van der Waals surface area contributed by atoms with Gasteiger partial charge in [-0.3, -0.25) is 0 Å². The van der Waals surface area contributed by atoms with Gasteiger partial charge in [-0.25, -0.2) is 4.57 Å². The van der Waals surface area contributed by atoms with Gasteiger partial charge in [-0.05, 0) is 0 Å². The Morgan fingerprint density at radius 3 is 0.846 bits per heavy atom. The second-order valence-electron chi connectivity index (χ2n) is 1.67. The van der Waals surface area contributed by atoms with Crippen molar-refractivity contribution in [1.29, 1.82) is 0 Å². The summed E-state index contributed by atoms with van der Waals surface area (Å²) in [4.78, 5) is 21.6. The van der Waals surface area contributed by atoms with Gasteiger partial charge in [-0.1, -0.05) is 0 Å². The maximum atomic E-state index is 8.88. The Kier molecular flexibility index (Phi) is 20.8. The quantitative estimate of drug-likeness (QED) is 0.237. The molecule has 0 rings (SSSR count). The van der Waals surface area contributed by atoms with Gasteiger partial charge in [0.1, 0.15) is 0 Å². The largest absolute Gasteiger partial charge is 0.466 e. The average Bonchev–Trinajstić information content (AvgIpc) is 2.01. The highest BCUT2D eigenvalue weighted by Crippen LogP contribution is 2.25. The first-order valence-electron chi connectivity index (χ1n) is 3.42. The van der Waals surface area contributed by atoms with E-state index in [2.05, 4.69) is 0 Å². The predicted molar refractivity (Wildman–Crippen MR) is 50.5 cm³/mol. The highest BCUT2D eigenvalue weighted by Gasteiger charge is 2.00. The Morgan fingerprint density at radius 2 is 0.846 bits per heavy atom. The molecule has 0 unspecified atom stereocenters. The lowest BCUT2D eigenvalue weighted by Crippen LogP contribution is -2.11. The molecular formula is C4H19N4O4P. The number of phosphoric acid groups is 1. The molecule has 0 spiro atoms. The maximum absolute atomic E-state index is 8.88. The van der Waals surface area contributed by atoms with Gasteiger partial charge >= 0.3 is 7.82 Å². The molecule has 0 aromatic heterocycles. The minimum atomic E-state index is -4.64. The van der Waals surface area contributed by atoms with E-state index in [-0.39, 0.29) is 0 Å². The van der Waals surface area contributed by atoms with Gasteiger partial charge in [0.2, 0.25) is 0 Å². The standard InChI is InChI=1S/2C2H8N2.H3O4P/c2*3-1-2-4;1-5(2,3)4/h2*1-4H2;(H3,1,2,3,4). The summed E-state index contributed by atoms with van der Waals surface area (Å²) in [5.41, 5.74) is 19.6. The second-order valence-corrected chi connectivity index (χ2v) is 2.69. The van der Waals surface area contributed by atoms with E-state index >= 15 is 0 Å². The fourth-order valence-electron chi connectivity index (χ4n) is 0. The van der Waals surface area contributed by atoms with E-state index in [1.165, 1.54) is 0 Å². The number of hydrogen-bond acceptors (Lipinski definition) is 5. The molecule has 0 saturated heterocycles. The zero-order valence-electron chi connectivity index (χ0n) is 7.33. The normalized spacial score (nSPS) is 9.15. The van der Waals surface area contributed by atoms with Crippen LogP contribution in [0.1, 0.15) is 0 Å². The third kappa shape index (κ3) is 311.